The Morgan fingerprint density at radius 1 is 1.33 bits per heavy atom. The van der Waals surface area contributed by atoms with E-state index in [4.69, 9.17) is 4.52 Å². The van der Waals surface area contributed by atoms with Crippen LogP contribution >= 0.6 is 0 Å². The lowest BCUT2D eigenvalue weighted by Crippen LogP contribution is -2.39. The van der Waals surface area contributed by atoms with E-state index < -0.39 is 0 Å². The van der Waals surface area contributed by atoms with E-state index in [1.54, 1.807) is 11.0 Å². The van der Waals surface area contributed by atoms with Gasteiger partial charge in [-0.2, -0.15) is 0 Å². The zero-order chi connectivity index (χ0) is 16.7. The second kappa shape index (κ2) is 5.74. The maximum Gasteiger partial charge on any atom is 0.292 e. The molecule has 0 spiro atoms. The molecule has 2 fully saturated rings. The number of nitrogens with zero attached hydrogens (tertiary/aromatic N) is 4. The lowest BCUT2D eigenvalue weighted by molar-refractivity contribution is -0.129. The van der Waals surface area contributed by atoms with Gasteiger partial charge in [0.25, 0.3) is 5.91 Å². The van der Waals surface area contributed by atoms with Crippen molar-refractivity contribution in [3.8, 4) is 0 Å². The molecule has 2 aliphatic rings. The van der Waals surface area contributed by atoms with Crippen LogP contribution < -0.4 is 0 Å². The van der Waals surface area contributed by atoms with Crippen molar-refractivity contribution in [2.24, 2.45) is 0 Å². The molecule has 7 nitrogen and oxygen atoms in total. The number of aryl methyl sites for hydroxylation is 1. The van der Waals surface area contributed by atoms with Gasteiger partial charge in [-0.1, -0.05) is 11.2 Å². The number of aromatic nitrogens is 2. The predicted octanol–water partition coefficient (Wildman–Crippen LogP) is 1.39. The zero-order valence-corrected chi connectivity index (χ0v) is 13.4. The average molecular weight is 326 g/mol. The standard InChI is InChI=1S/C17H18N4O3/c1-11-3-2-4-12(19-11)10-21-13-6-8-20(14(13)9-16(21)22)17(23)15-5-7-18-24-15/h2-5,7,13-14H,6,8-10H2,1H3/t13-,14+/m1/s1. The van der Waals surface area contributed by atoms with E-state index in [1.807, 2.05) is 30.0 Å². The van der Waals surface area contributed by atoms with Gasteiger partial charge in [-0.3, -0.25) is 14.6 Å². The third-order valence-corrected chi connectivity index (χ3v) is 4.80. The minimum Gasteiger partial charge on any atom is -0.351 e. The molecule has 0 radical (unpaired) electrons. The molecule has 0 N–H and O–H groups in total. The molecular formula is C17H18N4O3. The van der Waals surface area contributed by atoms with Crippen molar-refractivity contribution >= 4 is 11.8 Å². The highest BCUT2D eigenvalue weighted by Crippen LogP contribution is 2.34. The van der Waals surface area contributed by atoms with Crippen LogP contribution in [0.4, 0.5) is 0 Å². The first-order chi connectivity index (χ1) is 11.6. The molecule has 2 aliphatic heterocycles. The molecule has 0 bridgehead atoms. The highest BCUT2D eigenvalue weighted by molar-refractivity contribution is 5.93. The molecule has 4 heterocycles. The molecule has 124 valence electrons. The lowest BCUT2D eigenvalue weighted by Gasteiger charge is -2.24. The summed E-state index contributed by atoms with van der Waals surface area (Å²) in [5.41, 5.74) is 1.81. The molecule has 4 rings (SSSR count). The molecule has 24 heavy (non-hydrogen) atoms. The molecule has 0 aromatic carbocycles. The fraction of sp³-hybridized carbons (Fsp3) is 0.412. The van der Waals surface area contributed by atoms with Crippen molar-refractivity contribution in [2.45, 2.75) is 38.4 Å². The highest BCUT2D eigenvalue weighted by Gasteiger charge is 2.48. The molecule has 2 saturated heterocycles. The van der Waals surface area contributed by atoms with Crippen molar-refractivity contribution in [3.05, 3.63) is 47.6 Å². The minimum absolute atomic E-state index is 0.0479. The van der Waals surface area contributed by atoms with Crippen LogP contribution in [0.5, 0.6) is 0 Å². The summed E-state index contributed by atoms with van der Waals surface area (Å²) in [5, 5.41) is 3.59. The van der Waals surface area contributed by atoms with Gasteiger partial charge >= 0.3 is 0 Å². The Morgan fingerprint density at radius 3 is 2.96 bits per heavy atom. The Bertz CT molecular complexity index is 774. The van der Waals surface area contributed by atoms with Gasteiger partial charge in [0.15, 0.2) is 0 Å². The smallest absolute Gasteiger partial charge is 0.292 e. The van der Waals surface area contributed by atoms with Crippen molar-refractivity contribution in [1.29, 1.82) is 0 Å². The zero-order valence-electron chi connectivity index (χ0n) is 13.4. The van der Waals surface area contributed by atoms with E-state index in [0.29, 0.717) is 19.5 Å². The van der Waals surface area contributed by atoms with Crippen LogP contribution in [0.2, 0.25) is 0 Å². The monoisotopic (exact) mass is 326 g/mol. The maximum absolute atomic E-state index is 12.5. The second-order valence-electron chi connectivity index (χ2n) is 6.29. The topological polar surface area (TPSA) is 79.5 Å². The van der Waals surface area contributed by atoms with Gasteiger partial charge in [0.2, 0.25) is 11.7 Å². The van der Waals surface area contributed by atoms with Gasteiger partial charge in [-0.25, -0.2) is 0 Å². The van der Waals surface area contributed by atoms with Crippen LogP contribution in [0.3, 0.4) is 0 Å². The summed E-state index contributed by atoms with van der Waals surface area (Å²) in [7, 11) is 0. The maximum atomic E-state index is 12.5. The van der Waals surface area contributed by atoms with Gasteiger partial charge in [0.05, 0.1) is 30.5 Å². The number of likely N-dealkylation sites (tertiary alicyclic amines) is 2. The van der Waals surface area contributed by atoms with E-state index in [9.17, 15) is 9.59 Å². The third kappa shape index (κ3) is 2.46. The van der Waals surface area contributed by atoms with Crippen LogP contribution in [-0.4, -0.2) is 50.4 Å². The number of carbonyl (C=O) groups is 2. The summed E-state index contributed by atoms with van der Waals surface area (Å²) in [4.78, 5) is 33.1. The molecule has 2 amide bonds. The summed E-state index contributed by atoms with van der Waals surface area (Å²) < 4.78 is 4.97. The fourth-order valence-electron chi connectivity index (χ4n) is 3.72. The summed E-state index contributed by atoms with van der Waals surface area (Å²) >= 11 is 0. The molecule has 2 aromatic heterocycles. The van der Waals surface area contributed by atoms with Crippen LogP contribution in [-0.2, 0) is 11.3 Å². The van der Waals surface area contributed by atoms with Crippen molar-refractivity contribution < 1.29 is 14.1 Å². The summed E-state index contributed by atoms with van der Waals surface area (Å²) in [6.45, 7) is 3.05. The summed E-state index contributed by atoms with van der Waals surface area (Å²) in [5.74, 6) is 0.105. The van der Waals surface area contributed by atoms with Crippen LogP contribution in [0.15, 0.2) is 35.0 Å². The number of amides is 2. The van der Waals surface area contributed by atoms with Crippen molar-refractivity contribution in [3.63, 3.8) is 0 Å². The van der Waals surface area contributed by atoms with E-state index in [-0.39, 0.29) is 29.7 Å². The molecule has 0 saturated carbocycles. The number of rotatable bonds is 3. The Morgan fingerprint density at radius 2 is 2.21 bits per heavy atom. The first-order valence-electron chi connectivity index (χ1n) is 8.07. The molecule has 0 unspecified atom stereocenters. The van der Waals surface area contributed by atoms with E-state index in [0.717, 1.165) is 17.8 Å². The molecule has 2 atom stereocenters. The number of hydrogen-bond acceptors (Lipinski definition) is 5. The SMILES string of the molecule is Cc1cccc(CN2C(=O)C[C@H]3[C@H]2CCN3C(=O)c2ccno2)n1. The van der Waals surface area contributed by atoms with Crippen molar-refractivity contribution in [2.75, 3.05) is 6.54 Å². The number of carbonyl (C=O) groups excluding carboxylic acids is 2. The Hall–Kier alpha value is -2.70. The van der Waals surface area contributed by atoms with E-state index in [1.165, 1.54) is 6.20 Å². The normalized spacial score (nSPS) is 23.0. The Balaban J connectivity index is 1.52. The van der Waals surface area contributed by atoms with E-state index in [2.05, 4.69) is 10.1 Å². The molecular weight excluding hydrogens is 308 g/mol. The van der Waals surface area contributed by atoms with Crippen LogP contribution in [0.1, 0.15) is 34.8 Å². The van der Waals surface area contributed by atoms with Gasteiger partial charge in [-0.15, -0.1) is 0 Å². The summed E-state index contributed by atoms with van der Waals surface area (Å²) in [6.07, 6.45) is 2.59. The number of fused-ring (bicyclic) bond motifs is 1. The summed E-state index contributed by atoms with van der Waals surface area (Å²) in [6, 6.07) is 7.32. The predicted molar refractivity (Wildman–Crippen MR) is 83.9 cm³/mol. The van der Waals surface area contributed by atoms with Gasteiger partial charge in [0.1, 0.15) is 0 Å². The highest BCUT2D eigenvalue weighted by atomic mass is 16.5. The molecule has 2 aromatic rings. The lowest BCUT2D eigenvalue weighted by atomic mass is 10.1. The van der Waals surface area contributed by atoms with Crippen molar-refractivity contribution in [1.82, 2.24) is 19.9 Å². The largest absolute Gasteiger partial charge is 0.351 e. The fourth-order valence-corrected chi connectivity index (χ4v) is 3.72. The van der Waals surface area contributed by atoms with Crippen LogP contribution in [0.25, 0.3) is 0 Å². The Kier molecular flexibility index (Phi) is 3.55. The number of pyridine rings is 1. The van der Waals surface area contributed by atoms with Crippen LogP contribution in [0, 0.1) is 6.92 Å². The van der Waals surface area contributed by atoms with Gasteiger partial charge in [0, 0.05) is 24.7 Å². The Labute approximate surface area is 139 Å². The average Bonchev–Trinajstić information content (AvgIpc) is 3.26. The van der Waals surface area contributed by atoms with Gasteiger partial charge in [-0.05, 0) is 25.5 Å². The third-order valence-electron chi connectivity index (χ3n) is 4.80. The molecule has 0 aliphatic carbocycles. The second-order valence-corrected chi connectivity index (χ2v) is 6.29. The quantitative estimate of drug-likeness (QED) is 0.851. The minimum atomic E-state index is -0.191. The number of hydrogen-bond donors (Lipinski definition) is 0. The molecule has 7 heteroatoms. The van der Waals surface area contributed by atoms with E-state index >= 15 is 0 Å². The first-order valence-corrected chi connectivity index (χ1v) is 8.07. The first kappa shape index (κ1) is 14.9. The van der Waals surface area contributed by atoms with Gasteiger partial charge < -0.3 is 14.3 Å².